The van der Waals surface area contributed by atoms with Gasteiger partial charge in [0.15, 0.2) is 11.5 Å². The van der Waals surface area contributed by atoms with E-state index in [1.165, 1.54) is 0 Å². The van der Waals surface area contributed by atoms with Crippen molar-refractivity contribution in [2.24, 2.45) is 0 Å². The summed E-state index contributed by atoms with van der Waals surface area (Å²) in [5.74, 6) is 2.39. The molecule has 4 heteroatoms. The van der Waals surface area contributed by atoms with Crippen LogP contribution in [0.2, 0.25) is 0 Å². The summed E-state index contributed by atoms with van der Waals surface area (Å²) in [6, 6.07) is 6.17. The molecule has 0 fully saturated rings. The average molecular weight is 284 g/mol. The van der Waals surface area contributed by atoms with Crippen molar-refractivity contribution in [2.45, 2.75) is 26.4 Å². The fraction of sp³-hybridized carbons (Fsp3) is 0.333. The highest BCUT2D eigenvalue weighted by atomic mass is 79.9. The summed E-state index contributed by atoms with van der Waals surface area (Å²) in [4.78, 5) is 0. The predicted octanol–water partition coefficient (Wildman–Crippen LogP) is 3.80. The Labute approximate surface area is 103 Å². The molecule has 0 unspecified atom stereocenters. The monoisotopic (exact) mass is 283 g/mol. The normalized spacial score (nSPS) is 11.2. The molecule has 0 aromatic carbocycles. The first kappa shape index (κ1) is 11.5. The molecule has 0 bridgehead atoms. The van der Waals surface area contributed by atoms with Gasteiger partial charge in [0.1, 0.15) is 5.76 Å². The van der Waals surface area contributed by atoms with Gasteiger partial charge in [0.2, 0.25) is 0 Å². The van der Waals surface area contributed by atoms with Gasteiger partial charge in [-0.1, -0.05) is 13.8 Å². The van der Waals surface area contributed by atoms with Crippen LogP contribution < -0.4 is 5.32 Å². The second kappa shape index (κ2) is 4.89. The van der Waals surface area contributed by atoms with Gasteiger partial charge in [-0.3, -0.25) is 0 Å². The van der Waals surface area contributed by atoms with Crippen LogP contribution in [-0.2, 0) is 6.54 Å². The summed E-state index contributed by atoms with van der Waals surface area (Å²) in [6.45, 7) is 4.94. The molecule has 3 nitrogen and oxygen atoms in total. The summed E-state index contributed by atoms with van der Waals surface area (Å²) in [5, 5.41) is 3.30. The second-order valence-electron chi connectivity index (χ2n) is 3.90. The quantitative estimate of drug-likeness (QED) is 0.928. The van der Waals surface area contributed by atoms with Crippen LogP contribution in [0.4, 0.5) is 0 Å². The Morgan fingerprint density at radius 3 is 2.75 bits per heavy atom. The van der Waals surface area contributed by atoms with E-state index in [-0.39, 0.29) is 0 Å². The van der Waals surface area contributed by atoms with E-state index in [4.69, 9.17) is 8.83 Å². The number of hydrogen-bond donors (Lipinski definition) is 1. The van der Waals surface area contributed by atoms with Crippen LogP contribution in [0.15, 0.2) is 37.8 Å². The highest BCUT2D eigenvalue weighted by molar-refractivity contribution is 9.10. The van der Waals surface area contributed by atoms with Crippen LogP contribution in [0.1, 0.15) is 19.6 Å². The molecule has 0 radical (unpaired) electrons. The average Bonchev–Trinajstić information content (AvgIpc) is 2.83. The lowest BCUT2D eigenvalue weighted by Crippen LogP contribution is -2.21. The highest BCUT2D eigenvalue weighted by Gasteiger charge is 2.11. The zero-order chi connectivity index (χ0) is 11.5. The molecule has 0 atom stereocenters. The molecule has 86 valence electrons. The van der Waals surface area contributed by atoms with Crippen LogP contribution in [0.5, 0.6) is 0 Å². The van der Waals surface area contributed by atoms with Crippen LogP contribution in [-0.4, -0.2) is 6.04 Å². The Morgan fingerprint density at radius 2 is 2.12 bits per heavy atom. The van der Waals surface area contributed by atoms with E-state index in [0.29, 0.717) is 6.04 Å². The number of furan rings is 2. The third-order valence-electron chi connectivity index (χ3n) is 2.19. The van der Waals surface area contributed by atoms with Gasteiger partial charge in [0, 0.05) is 6.04 Å². The van der Waals surface area contributed by atoms with Crippen LogP contribution in [0.3, 0.4) is 0 Å². The molecule has 0 spiro atoms. The van der Waals surface area contributed by atoms with Crippen molar-refractivity contribution in [1.29, 1.82) is 0 Å². The van der Waals surface area contributed by atoms with E-state index < -0.39 is 0 Å². The summed E-state index contributed by atoms with van der Waals surface area (Å²) < 4.78 is 11.9. The standard InChI is InChI=1S/C12H14BrNO2/c1-8(2)14-7-9-3-4-11(16-9)12-10(13)5-6-15-12/h3-6,8,14H,7H2,1-2H3. The second-order valence-corrected chi connectivity index (χ2v) is 4.75. The molecule has 1 N–H and O–H groups in total. The SMILES string of the molecule is CC(C)NCc1ccc(-c2occc2Br)o1. The van der Waals surface area contributed by atoms with Crippen LogP contribution in [0, 0.1) is 0 Å². The Hall–Kier alpha value is -1.000. The summed E-state index contributed by atoms with van der Waals surface area (Å²) in [5.41, 5.74) is 0. The maximum Gasteiger partial charge on any atom is 0.183 e. The predicted molar refractivity (Wildman–Crippen MR) is 66.1 cm³/mol. The number of hydrogen-bond acceptors (Lipinski definition) is 3. The topological polar surface area (TPSA) is 38.3 Å². The van der Waals surface area contributed by atoms with E-state index >= 15 is 0 Å². The molecule has 2 rings (SSSR count). The van der Waals surface area contributed by atoms with Crippen LogP contribution >= 0.6 is 15.9 Å². The lowest BCUT2D eigenvalue weighted by molar-refractivity contribution is 0.459. The van der Waals surface area contributed by atoms with E-state index in [2.05, 4.69) is 35.1 Å². The summed E-state index contributed by atoms with van der Waals surface area (Å²) >= 11 is 3.41. The molecule has 0 aliphatic rings. The van der Waals surface area contributed by atoms with Gasteiger partial charge < -0.3 is 14.2 Å². The molecule has 0 amide bonds. The Bertz CT molecular complexity index is 459. The van der Waals surface area contributed by atoms with Crippen molar-refractivity contribution in [1.82, 2.24) is 5.32 Å². The fourth-order valence-corrected chi connectivity index (χ4v) is 1.77. The first-order chi connectivity index (χ1) is 7.66. The van der Waals surface area contributed by atoms with Gasteiger partial charge in [0.25, 0.3) is 0 Å². The van der Waals surface area contributed by atoms with Crippen LogP contribution in [0.25, 0.3) is 11.5 Å². The minimum Gasteiger partial charge on any atom is -0.460 e. The third kappa shape index (κ3) is 2.57. The van der Waals surface area contributed by atoms with Crippen molar-refractivity contribution >= 4 is 15.9 Å². The minimum atomic E-state index is 0.448. The van der Waals surface area contributed by atoms with Gasteiger partial charge in [-0.15, -0.1) is 0 Å². The number of nitrogens with one attached hydrogen (secondary N) is 1. The van der Waals surface area contributed by atoms with Gasteiger partial charge in [-0.2, -0.15) is 0 Å². The van der Waals surface area contributed by atoms with Gasteiger partial charge in [0.05, 0.1) is 17.3 Å². The van der Waals surface area contributed by atoms with Gasteiger partial charge >= 0.3 is 0 Å². The Kier molecular flexibility index (Phi) is 3.51. The first-order valence-electron chi connectivity index (χ1n) is 5.22. The molecule has 2 aromatic heterocycles. The van der Waals surface area contributed by atoms with E-state index in [1.54, 1.807) is 6.26 Å². The largest absolute Gasteiger partial charge is 0.460 e. The van der Waals surface area contributed by atoms with Crippen molar-refractivity contribution in [3.63, 3.8) is 0 Å². The van der Waals surface area contributed by atoms with E-state index in [0.717, 1.165) is 28.3 Å². The molecular formula is C12H14BrNO2. The van der Waals surface area contributed by atoms with E-state index in [9.17, 15) is 0 Å². The minimum absolute atomic E-state index is 0.448. The number of rotatable bonds is 4. The van der Waals surface area contributed by atoms with Crippen molar-refractivity contribution in [2.75, 3.05) is 0 Å². The molecular weight excluding hydrogens is 270 g/mol. The maximum absolute atomic E-state index is 5.67. The Balaban J connectivity index is 2.11. The lowest BCUT2D eigenvalue weighted by atomic mass is 10.3. The zero-order valence-electron chi connectivity index (χ0n) is 9.29. The van der Waals surface area contributed by atoms with Crippen molar-refractivity contribution in [3.05, 3.63) is 34.7 Å². The highest BCUT2D eigenvalue weighted by Crippen LogP contribution is 2.30. The summed E-state index contributed by atoms with van der Waals surface area (Å²) in [6.07, 6.45) is 1.63. The molecule has 16 heavy (non-hydrogen) atoms. The molecule has 2 aromatic rings. The number of halogens is 1. The molecule has 0 saturated heterocycles. The van der Waals surface area contributed by atoms with E-state index in [1.807, 2.05) is 18.2 Å². The lowest BCUT2D eigenvalue weighted by Gasteiger charge is -2.04. The van der Waals surface area contributed by atoms with Crippen molar-refractivity contribution in [3.8, 4) is 11.5 Å². The van der Waals surface area contributed by atoms with Crippen molar-refractivity contribution < 1.29 is 8.83 Å². The maximum atomic E-state index is 5.67. The first-order valence-corrected chi connectivity index (χ1v) is 6.01. The molecule has 2 heterocycles. The molecule has 0 aliphatic heterocycles. The van der Waals surface area contributed by atoms with Gasteiger partial charge in [-0.25, -0.2) is 0 Å². The smallest absolute Gasteiger partial charge is 0.183 e. The zero-order valence-corrected chi connectivity index (χ0v) is 10.9. The molecule has 0 saturated carbocycles. The fourth-order valence-electron chi connectivity index (χ4n) is 1.37. The Morgan fingerprint density at radius 1 is 1.31 bits per heavy atom. The van der Waals surface area contributed by atoms with Gasteiger partial charge in [-0.05, 0) is 34.1 Å². The third-order valence-corrected chi connectivity index (χ3v) is 2.81. The molecule has 0 aliphatic carbocycles. The summed E-state index contributed by atoms with van der Waals surface area (Å²) in [7, 11) is 0.